The molecule has 3 rings (SSSR count). The van der Waals surface area contributed by atoms with Gasteiger partial charge in [0.15, 0.2) is 0 Å². The number of methoxy groups -OCH3 is 1. The smallest absolute Gasteiger partial charge is 0.337 e. The number of H-pyrrole nitrogens is 1. The van der Waals surface area contributed by atoms with Gasteiger partial charge in [-0.2, -0.15) is 0 Å². The zero-order valence-electron chi connectivity index (χ0n) is 16.0. The van der Waals surface area contributed by atoms with Crippen LogP contribution in [0.5, 0.6) is 0 Å². The molecule has 1 N–H and O–H groups in total. The average Bonchev–Trinajstić information content (AvgIpc) is 3.02. The second-order valence-corrected chi connectivity index (χ2v) is 6.26. The van der Waals surface area contributed by atoms with Crippen LogP contribution >= 0.6 is 0 Å². The van der Waals surface area contributed by atoms with Gasteiger partial charge in [-0.1, -0.05) is 0 Å². The highest BCUT2D eigenvalue weighted by molar-refractivity contribution is 6.01. The summed E-state index contributed by atoms with van der Waals surface area (Å²) in [6.07, 6.45) is 0. The van der Waals surface area contributed by atoms with Crippen molar-refractivity contribution in [3.8, 4) is 5.69 Å². The molecular weight excluding hydrogens is 376 g/mol. The summed E-state index contributed by atoms with van der Waals surface area (Å²) in [5, 5.41) is 13.8. The van der Waals surface area contributed by atoms with Crippen molar-refractivity contribution < 1.29 is 14.5 Å². The Bertz CT molecular complexity index is 1160. The highest BCUT2D eigenvalue weighted by atomic mass is 16.6. The van der Waals surface area contributed by atoms with Crippen LogP contribution in [0.15, 0.2) is 58.3 Å². The molecule has 0 aliphatic carbocycles. The molecule has 0 unspecified atom stereocenters. The molecule has 1 heterocycles. The summed E-state index contributed by atoms with van der Waals surface area (Å²) in [7, 11) is 1.31. The van der Waals surface area contributed by atoms with Gasteiger partial charge in [-0.25, -0.2) is 9.48 Å². The summed E-state index contributed by atoms with van der Waals surface area (Å²) in [5.74, 6) is -0.440. The molecule has 9 heteroatoms. The van der Waals surface area contributed by atoms with Gasteiger partial charge in [0.25, 0.3) is 11.2 Å². The van der Waals surface area contributed by atoms with E-state index in [4.69, 9.17) is 0 Å². The first-order valence-electron chi connectivity index (χ1n) is 8.62. The van der Waals surface area contributed by atoms with E-state index >= 15 is 0 Å². The Hall–Kier alpha value is -4.01. The lowest BCUT2D eigenvalue weighted by Gasteiger charge is -2.01. The number of nitrogens with one attached hydrogen (secondary N) is 1. The van der Waals surface area contributed by atoms with E-state index in [1.165, 1.54) is 36.1 Å². The highest BCUT2D eigenvalue weighted by Crippen LogP contribution is 2.17. The Balaban J connectivity index is 1.95. The standard InChI is InChI=1S/C20H18N4O5/c1-12(21-15-6-4-14(5-7-15)20(26)29-3)18-13(2)22-23(19(18)25)16-8-10-17(11-9-16)24(27)28/h4-11,22H,1-3H3. The maximum absolute atomic E-state index is 12.9. The van der Waals surface area contributed by atoms with Crippen LogP contribution in [0, 0.1) is 17.0 Å². The number of hydrogen-bond donors (Lipinski definition) is 1. The lowest BCUT2D eigenvalue weighted by atomic mass is 10.1. The SMILES string of the molecule is COC(=O)c1ccc(N=C(C)c2c(C)[nH]n(-c3ccc([N+](=O)[O-])cc3)c2=O)cc1. The molecule has 0 amide bonds. The van der Waals surface area contributed by atoms with Crippen LogP contribution in [0.2, 0.25) is 0 Å². The second kappa shape index (κ2) is 7.93. The van der Waals surface area contributed by atoms with Crippen molar-refractivity contribution in [1.82, 2.24) is 9.78 Å². The normalized spacial score (nSPS) is 11.3. The minimum Gasteiger partial charge on any atom is -0.465 e. The molecule has 1 aromatic heterocycles. The van der Waals surface area contributed by atoms with Gasteiger partial charge in [-0.15, -0.1) is 0 Å². The van der Waals surface area contributed by atoms with Crippen molar-refractivity contribution in [2.24, 2.45) is 4.99 Å². The van der Waals surface area contributed by atoms with E-state index in [2.05, 4.69) is 14.8 Å². The predicted molar refractivity (Wildman–Crippen MR) is 107 cm³/mol. The molecule has 0 atom stereocenters. The lowest BCUT2D eigenvalue weighted by molar-refractivity contribution is -0.384. The van der Waals surface area contributed by atoms with Gasteiger partial charge >= 0.3 is 5.97 Å². The molecule has 0 aliphatic heterocycles. The van der Waals surface area contributed by atoms with Gasteiger partial charge in [-0.3, -0.25) is 25.0 Å². The third-order valence-corrected chi connectivity index (χ3v) is 4.34. The Labute approximate surface area is 165 Å². The minimum absolute atomic E-state index is 0.0570. The van der Waals surface area contributed by atoms with Gasteiger partial charge in [0.2, 0.25) is 0 Å². The number of nitro benzene ring substituents is 1. The summed E-state index contributed by atoms with van der Waals surface area (Å²) in [6, 6.07) is 12.2. The van der Waals surface area contributed by atoms with Gasteiger partial charge in [-0.05, 0) is 50.2 Å². The number of nitrogens with zero attached hydrogens (tertiary/aromatic N) is 3. The Morgan fingerprint density at radius 1 is 1.14 bits per heavy atom. The fraction of sp³-hybridized carbons (Fsp3) is 0.150. The number of nitro groups is 1. The fourth-order valence-corrected chi connectivity index (χ4v) is 2.92. The maximum atomic E-state index is 12.9. The van der Waals surface area contributed by atoms with Crippen LogP contribution in [-0.4, -0.2) is 33.5 Å². The van der Waals surface area contributed by atoms with E-state index in [0.29, 0.717) is 33.9 Å². The number of aliphatic imine (C=N–C) groups is 1. The van der Waals surface area contributed by atoms with Crippen molar-refractivity contribution in [1.29, 1.82) is 0 Å². The molecule has 29 heavy (non-hydrogen) atoms. The predicted octanol–water partition coefficient (Wildman–Crippen LogP) is 3.31. The average molecular weight is 394 g/mol. The van der Waals surface area contributed by atoms with Crippen LogP contribution in [0.1, 0.15) is 28.5 Å². The number of hydrogen-bond acceptors (Lipinski definition) is 6. The minimum atomic E-state index is -0.500. The Morgan fingerprint density at radius 2 is 1.76 bits per heavy atom. The van der Waals surface area contributed by atoms with E-state index in [-0.39, 0.29) is 11.2 Å². The molecule has 0 bridgehead atoms. The summed E-state index contributed by atoms with van der Waals surface area (Å²) in [6.45, 7) is 3.46. The van der Waals surface area contributed by atoms with Crippen molar-refractivity contribution in [2.45, 2.75) is 13.8 Å². The van der Waals surface area contributed by atoms with E-state index in [0.717, 1.165) is 0 Å². The number of aromatic nitrogens is 2. The van der Waals surface area contributed by atoms with Crippen molar-refractivity contribution >= 4 is 23.1 Å². The molecule has 2 aromatic carbocycles. The van der Waals surface area contributed by atoms with E-state index in [1.807, 2.05) is 0 Å². The summed E-state index contributed by atoms with van der Waals surface area (Å²) >= 11 is 0. The van der Waals surface area contributed by atoms with Gasteiger partial charge < -0.3 is 4.74 Å². The molecule has 0 saturated heterocycles. The lowest BCUT2D eigenvalue weighted by Crippen LogP contribution is -2.19. The molecule has 0 fully saturated rings. The van der Waals surface area contributed by atoms with Crippen molar-refractivity contribution in [3.05, 3.63) is 85.8 Å². The van der Waals surface area contributed by atoms with Crippen molar-refractivity contribution in [2.75, 3.05) is 7.11 Å². The largest absolute Gasteiger partial charge is 0.465 e. The van der Waals surface area contributed by atoms with E-state index < -0.39 is 10.9 Å². The van der Waals surface area contributed by atoms with Crippen LogP contribution in [0.3, 0.4) is 0 Å². The first kappa shape index (κ1) is 19.7. The van der Waals surface area contributed by atoms with Gasteiger partial charge in [0, 0.05) is 17.8 Å². The number of carbonyl (C=O) groups excluding carboxylic acids is 1. The second-order valence-electron chi connectivity index (χ2n) is 6.26. The number of esters is 1. The maximum Gasteiger partial charge on any atom is 0.337 e. The molecule has 0 aliphatic rings. The van der Waals surface area contributed by atoms with E-state index in [9.17, 15) is 19.7 Å². The van der Waals surface area contributed by atoms with Gasteiger partial charge in [0.1, 0.15) is 0 Å². The van der Waals surface area contributed by atoms with Crippen LogP contribution < -0.4 is 5.56 Å². The van der Waals surface area contributed by atoms with Gasteiger partial charge in [0.05, 0.1) is 40.2 Å². The van der Waals surface area contributed by atoms with Crippen molar-refractivity contribution in [3.63, 3.8) is 0 Å². The highest BCUT2D eigenvalue weighted by Gasteiger charge is 2.16. The molecule has 0 radical (unpaired) electrons. The molecule has 148 valence electrons. The first-order valence-corrected chi connectivity index (χ1v) is 8.62. The third kappa shape index (κ3) is 3.98. The van der Waals surface area contributed by atoms with E-state index in [1.54, 1.807) is 38.1 Å². The first-order chi connectivity index (χ1) is 13.8. The van der Waals surface area contributed by atoms with Crippen LogP contribution in [-0.2, 0) is 4.74 Å². The molecule has 3 aromatic rings. The fourth-order valence-electron chi connectivity index (χ4n) is 2.92. The number of aryl methyl sites for hydroxylation is 1. The summed E-state index contributed by atoms with van der Waals surface area (Å²) in [5.41, 5.74) is 2.60. The number of carbonyl (C=O) groups is 1. The zero-order valence-corrected chi connectivity index (χ0v) is 16.0. The number of benzene rings is 2. The molecular formula is C20H18N4O5. The van der Waals surface area contributed by atoms with Crippen LogP contribution in [0.25, 0.3) is 5.69 Å². The third-order valence-electron chi connectivity index (χ3n) is 4.34. The molecule has 9 nitrogen and oxygen atoms in total. The Morgan fingerprint density at radius 3 is 2.31 bits per heavy atom. The summed E-state index contributed by atoms with van der Waals surface area (Å²) < 4.78 is 5.98. The topological polar surface area (TPSA) is 120 Å². The van der Waals surface area contributed by atoms with Crippen LogP contribution in [0.4, 0.5) is 11.4 Å². The number of rotatable bonds is 5. The molecule has 0 saturated carbocycles. The summed E-state index contributed by atoms with van der Waals surface area (Å²) in [4.78, 5) is 39.2. The number of non-ortho nitro benzene ring substituents is 1. The number of ether oxygens (including phenoxy) is 1. The molecule has 0 spiro atoms. The quantitative estimate of drug-likeness (QED) is 0.308. The Kier molecular flexibility index (Phi) is 5.40. The number of aromatic amines is 1. The zero-order chi connectivity index (χ0) is 21.1. The monoisotopic (exact) mass is 394 g/mol.